The lowest BCUT2D eigenvalue weighted by Gasteiger charge is -2.20. The van der Waals surface area contributed by atoms with E-state index in [0.717, 1.165) is 12.1 Å². The van der Waals surface area contributed by atoms with Crippen LogP contribution in [-0.4, -0.2) is 37.5 Å². The van der Waals surface area contributed by atoms with E-state index in [-0.39, 0.29) is 34.6 Å². The van der Waals surface area contributed by atoms with Crippen molar-refractivity contribution in [1.82, 2.24) is 19.9 Å². The van der Waals surface area contributed by atoms with Crippen molar-refractivity contribution in [1.29, 1.82) is 5.26 Å². The minimum atomic E-state index is -0.701. The monoisotopic (exact) mass is 535 g/mol. The normalized spacial score (nSPS) is 12.6. The van der Waals surface area contributed by atoms with Crippen molar-refractivity contribution in [3.8, 4) is 17.3 Å². The minimum absolute atomic E-state index is 0.0417. The molecular weight excluding hydrogens is 498 g/mol. The summed E-state index contributed by atoms with van der Waals surface area (Å²) in [7, 11) is 0. The summed E-state index contributed by atoms with van der Waals surface area (Å²) in [4.78, 5) is 29.7. The molecule has 2 N–H and O–H groups in total. The number of hydrogen-bond acceptors (Lipinski definition) is 8. The summed E-state index contributed by atoms with van der Waals surface area (Å²) in [6.07, 6.45) is 1.59. The Morgan fingerprint density at radius 3 is 2.36 bits per heavy atom. The molecule has 2 amide bonds. The molecule has 39 heavy (non-hydrogen) atoms. The first-order valence-electron chi connectivity index (χ1n) is 12.8. The molecule has 0 aromatic carbocycles. The second-order valence-electron chi connectivity index (χ2n) is 12.0. The van der Waals surface area contributed by atoms with E-state index >= 15 is 0 Å². The molecule has 0 spiro atoms. The lowest BCUT2D eigenvalue weighted by molar-refractivity contribution is -0.117. The third-order valence-corrected chi connectivity index (χ3v) is 5.54. The third-order valence-electron chi connectivity index (χ3n) is 5.54. The number of nitriles is 1. The quantitative estimate of drug-likeness (QED) is 0.371. The summed E-state index contributed by atoms with van der Waals surface area (Å²) in [5.74, 6) is -0.347. The van der Waals surface area contributed by atoms with Gasteiger partial charge in [-0.3, -0.25) is 20.4 Å². The minimum Gasteiger partial charge on any atom is -0.444 e. The molecule has 0 bridgehead atoms. The van der Waals surface area contributed by atoms with E-state index in [2.05, 4.69) is 52.7 Å². The zero-order chi connectivity index (χ0) is 29.1. The average molecular weight is 536 g/mol. The van der Waals surface area contributed by atoms with Gasteiger partial charge in [0, 0.05) is 23.9 Å². The molecule has 3 heterocycles. The summed E-state index contributed by atoms with van der Waals surface area (Å²) >= 11 is 0. The Kier molecular flexibility index (Phi) is 8.48. The Morgan fingerprint density at radius 2 is 1.82 bits per heavy atom. The maximum absolute atomic E-state index is 12.8. The highest BCUT2D eigenvalue weighted by Crippen LogP contribution is 2.31. The van der Waals surface area contributed by atoms with Gasteiger partial charge in [0.1, 0.15) is 22.9 Å². The number of rotatable bonds is 7. The Labute approximate surface area is 228 Å². The largest absolute Gasteiger partial charge is 0.444 e. The molecule has 0 aliphatic heterocycles. The number of nitrogens with one attached hydrogen (secondary N) is 2. The number of nitrogens with zero attached hydrogens (tertiary/aromatic N) is 5. The Bertz CT molecular complexity index is 1370. The predicted molar refractivity (Wildman–Crippen MR) is 147 cm³/mol. The van der Waals surface area contributed by atoms with Crippen LogP contribution in [0.5, 0.6) is 0 Å². The van der Waals surface area contributed by atoms with Gasteiger partial charge < -0.3 is 9.26 Å². The number of carbonyl (C=O) groups excluding carboxylic acids is 2. The predicted octanol–water partition coefficient (Wildman–Crippen LogP) is 6.06. The smallest absolute Gasteiger partial charge is 0.413 e. The number of ether oxygens (including phenoxy) is 1. The van der Waals surface area contributed by atoms with Gasteiger partial charge in [0.25, 0.3) is 0 Å². The van der Waals surface area contributed by atoms with Gasteiger partial charge in [0.05, 0.1) is 17.3 Å². The van der Waals surface area contributed by atoms with Crippen molar-refractivity contribution in [3.63, 3.8) is 0 Å². The molecule has 1 atom stereocenters. The second kappa shape index (κ2) is 11.3. The van der Waals surface area contributed by atoms with E-state index in [1.807, 2.05) is 13.8 Å². The molecule has 0 saturated carbocycles. The summed E-state index contributed by atoms with van der Waals surface area (Å²) in [5.41, 5.74) is 1.75. The molecule has 3 aromatic rings. The molecule has 0 fully saturated rings. The number of anilines is 2. The molecule has 208 valence electrons. The highest BCUT2D eigenvalue weighted by atomic mass is 16.6. The number of pyridine rings is 1. The highest BCUT2D eigenvalue weighted by molar-refractivity contribution is 5.94. The molecular formula is C28H37N7O4. The molecule has 11 nitrogen and oxygen atoms in total. The maximum atomic E-state index is 12.8. The molecule has 11 heteroatoms. The van der Waals surface area contributed by atoms with Gasteiger partial charge in [-0.25, -0.2) is 9.48 Å². The first kappa shape index (κ1) is 29.4. The average Bonchev–Trinajstić information content (AvgIpc) is 3.39. The van der Waals surface area contributed by atoms with Gasteiger partial charge in [-0.15, -0.1) is 0 Å². The Morgan fingerprint density at radius 1 is 1.13 bits per heavy atom. The third kappa shape index (κ3) is 7.66. The maximum Gasteiger partial charge on any atom is 0.413 e. The topological polar surface area (TPSA) is 148 Å². The first-order valence-corrected chi connectivity index (χ1v) is 12.8. The van der Waals surface area contributed by atoms with E-state index in [4.69, 9.17) is 9.26 Å². The lowest BCUT2D eigenvalue weighted by Crippen LogP contribution is -2.28. The fourth-order valence-corrected chi connectivity index (χ4v) is 3.80. The van der Waals surface area contributed by atoms with Gasteiger partial charge in [0.2, 0.25) is 11.8 Å². The number of carbonyl (C=O) groups is 2. The standard InChI is InChI=1S/C28H37N7O4/c1-16(2)35-24(32-26(37)38-28(7,8)9)20(14-29)23(33-35)18-10-11-21(30-15-18)17(3)25(36)31-22-12-19(34-39-22)13-27(4,5)6/h10-12,15-17H,13H2,1-9H3,(H,31,36)(H,32,37). The Balaban J connectivity index is 1.80. The zero-order valence-electron chi connectivity index (χ0n) is 24.0. The molecule has 0 saturated heterocycles. The van der Waals surface area contributed by atoms with Gasteiger partial charge in [0.15, 0.2) is 5.82 Å². The SMILES string of the molecule is CC(C(=O)Nc1cc(CC(C)(C)C)no1)c1ccc(-c2nn(C(C)C)c(NC(=O)OC(C)(C)C)c2C#N)cn1. The van der Waals surface area contributed by atoms with Crippen molar-refractivity contribution < 1.29 is 18.8 Å². The van der Waals surface area contributed by atoms with E-state index in [1.165, 1.54) is 0 Å². The molecule has 3 aromatic heterocycles. The summed E-state index contributed by atoms with van der Waals surface area (Å²) in [5, 5.41) is 24.0. The number of hydrogen-bond donors (Lipinski definition) is 2. The van der Waals surface area contributed by atoms with Crippen molar-refractivity contribution in [2.75, 3.05) is 10.6 Å². The van der Waals surface area contributed by atoms with E-state index in [1.54, 1.807) is 56.8 Å². The van der Waals surface area contributed by atoms with E-state index in [9.17, 15) is 14.9 Å². The van der Waals surface area contributed by atoms with Gasteiger partial charge in [-0.05, 0) is 65.5 Å². The van der Waals surface area contributed by atoms with Gasteiger partial charge in [-0.1, -0.05) is 25.9 Å². The summed E-state index contributed by atoms with van der Waals surface area (Å²) in [6.45, 7) is 17.1. The van der Waals surface area contributed by atoms with Gasteiger partial charge in [-0.2, -0.15) is 10.4 Å². The summed E-state index contributed by atoms with van der Waals surface area (Å²) in [6, 6.07) is 7.18. The van der Waals surface area contributed by atoms with Crippen LogP contribution in [0.1, 0.15) is 91.2 Å². The van der Waals surface area contributed by atoms with Crippen molar-refractivity contribution in [2.45, 2.75) is 86.3 Å². The van der Waals surface area contributed by atoms with E-state index in [0.29, 0.717) is 17.0 Å². The van der Waals surface area contributed by atoms with Crippen LogP contribution in [0.2, 0.25) is 0 Å². The van der Waals surface area contributed by atoms with Crippen LogP contribution in [-0.2, 0) is 16.0 Å². The number of amides is 2. The molecule has 1 unspecified atom stereocenters. The summed E-state index contributed by atoms with van der Waals surface area (Å²) < 4.78 is 12.2. The first-order chi connectivity index (χ1) is 18.1. The van der Waals surface area contributed by atoms with Crippen molar-refractivity contribution in [2.24, 2.45) is 5.41 Å². The fraction of sp³-hybridized carbons (Fsp3) is 0.500. The number of aromatic nitrogens is 4. The van der Waals surface area contributed by atoms with Crippen LogP contribution in [0.25, 0.3) is 11.3 Å². The zero-order valence-corrected chi connectivity index (χ0v) is 24.0. The highest BCUT2D eigenvalue weighted by Gasteiger charge is 2.26. The van der Waals surface area contributed by atoms with Crippen LogP contribution in [0.4, 0.5) is 16.5 Å². The molecule has 3 rings (SSSR count). The van der Waals surface area contributed by atoms with Gasteiger partial charge >= 0.3 is 6.09 Å². The Hall–Kier alpha value is -4.20. The van der Waals surface area contributed by atoms with Crippen LogP contribution in [0.3, 0.4) is 0 Å². The molecule has 0 aliphatic carbocycles. The van der Waals surface area contributed by atoms with Crippen LogP contribution < -0.4 is 10.6 Å². The van der Waals surface area contributed by atoms with Crippen LogP contribution in [0.15, 0.2) is 28.9 Å². The molecule has 0 aliphatic rings. The molecule has 0 radical (unpaired) electrons. The van der Waals surface area contributed by atoms with Crippen LogP contribution >= 0.6 is 0 Å². The van der Waals surface area contributed by atoms with E-state index < -0.39 is 17.6 Å². The fourth-order valence-electron chi connectivity index (χ4n) is 3.80. The van der Waals surface area contributed by atoms with Crippen LogP contribution in [0, 0.1) is 16.7 Å². The van der Waals surface area contributed by atoms with Crippen molar-refractivity contribution in [3.05, 3.63) is 41.3 Å². The lowest BCUT2D eigenvalue weighted by atomic mass is 9.91. The second-order valence-corrected chi connectivity index (χ2v) is 12.0. The van der Waals surface area contributed by atoms with Crippen molar-refractivity contribution >= 4 is 23.7 Å².